The number of carbonyl (C=O) groups excluding carboxylic acids is 5. The van der Waals surface area contributed by atoms with E-state index >= 15 is 0 Å². The van der Waals surface area contributed by atoms with E-state index < -0.39 is 11.6 Å². The van der Waals surface area contributed by atoms with Crippen molar-refractivity contribution >= 4 is 92.5 Å². The standard InChI is InChI=1S/C19H20N2O4S.C10H13NO2.C6H9ClO3.C5H9NO2S/c1-4-20-15-9-16-12(6-11(15)3)7-14(19(23)25-16)18-21-13(10-26-18)8-17(22)24-5-2;1-3-11-9-5-10(13)8(6-12)4-7(9)2;1-2-10-6(9)3-5(8)4-7;1-2-8-5(7)3-4(6)9/h6-7,9-10,20H,4-5,8H2,1-3H3;4-6,11,13H,3H2,1-2H3;2-4H2,1H3;2-3H2,1H3,(H2,6,9). The number of rotatable bonds is 16. The highest BCUT2D eigenvalue weighted by Crippen LogP contribution is 2.28. The lowest BCUT2D eigenvalue weighted by molar-refractivity contribution is -0.145. The first-order valence-electron chi connectivity index (χ1n) is 18.2. The Morgan fingerprint density at radius 1 is 0.879 bits per heavy atom. The third-order valence-electron chi connectivity index (χ3n) is 7.15. The maximum Gasteiger partial charge on any atom is 0.346 e. The Morgan fingerprint density at radius 2 is 1.43 bits per heavy atom. The van der Waals surface area contributed by atoms with Crippen LogP contribution in [0.25, 0.3) is 21.5 Å². The number of carbonyl (C=O) groups is 5. The number of Topliss-reactive ketones (excluding diaryl/α,β-unsaturated/α-hetero) is 1. The fourth-order valence-electron chi connectivity index (χ4n) is 4.65. The Bertz CT molecular complexity index is 2070. The molecule has 4 rings (SSSR count). The molecule has 0 fully saturated rings. The molecule has 0 saturated carbocycles. The van der Waals surface area contributed by atoms with Gasteiger partial charge in [-0.05, 0) is 77.8 Å². The fourth-order valence-corrected chi connectivity index (χ4v) is 5.69. The van der Waals surface area contributed by atoms with E-state index in [0.717, 1.165) is 41.0 Å². The number of esters is 3. The van der Waals surface area contributed by atoms with Crippen molar-refractivity contribution in [1.29, 1.82) is 0 Å². The minimum absolute atomic E-state index is 0.0246. The molecule has 2 heterocycles. The lowest BCUT2D eigenvalue weighted by Crippen LogP contribution is -2.15. The zero-order valence-electron chi connectivity index (χ0n) is 33.7. The predicted octanol–water partition coefficient (Wildman–Crippen LogP) is 6.68. The molecule has 2 aromatic heterocycles. The van der Waals surface area contributed by atoms with Gasteiger partial charge in [-0.15, -0.1) is 22.9 Å². The molecule has 15 nitrogen and oxygen atoms in total. The van der Waals surface area contributed by atoms with Crippen LogP contribution in [0.15, 0.2) is 44.9 Å². The van der Waals surface area contributed by atoms with Gasteiger partial charge in [-0.25, -0.2) is 9.78 Å². The summed E-state index contributed by atoms with van der Waals surface area (Å²) in [6.45, 7) is 15.7. The minimum Gasteiger partial charge on any atom is -0.507 e. The number of aldehydes is 1. The number of aromatic nitrogens is 1. The Balaban J connectivity index is 0.000000439. The molecule has 0 atom stereocenters. The lowest BCUT2D eigenvalue weighted by Gasteiger charge is -2.09. The number of aromatic hydroxyl groups is 1. The summed E-state index contributed by atoms with van der Waals surface area (Å²) in [5.41, 5.74) is 10.3. The number of alkyl halides is 1. The van der Waals surface area contributed by atoms with E-state index in [4.69, 9.17) is 26.5 Å². The molecule has 0 amide bonds. The van der Waals surface area contributed by atoms with Crippen molar-refractivity contribution < 1.29 is 47.7 Å². The summed E-state index contributed by atoms with van der Waals surface area (Å²) in [4.78, 5) is 70.5. The molecule has 4 aromatic rings. The summed E-state index contributed by atoms with van der Waals surface area (Å²) in [5, 5.41) is 18.8. The van der Waals surface area contributed by atoms with Gasteiger partial charge in [-0.2, -0.15) is 0 Å². The highest BCUT2D eigenvalue weighted by atomic mass is 35.5. The number of ether oxygens (including phenoxy) is 3. The van der Waals surface area contributed by atoms with Gasteiger partial charge < -0.3 is 40.1 Å². The zero-order valence-corrected chi connectivity index (χ0v) is 36.0. The van der Waals surface area contributed by atoms with Crippen LogP contribution in [0.4, 0.5) is 11.4 Å². The van der Waals surface area contributed by atoms with E-state index in [2.05, 4.69) is 37.3 Å². The largest absolute Gasteiger partial charge is 0.507 e. The molecule has 5 N–H and O–H groups in total. The van der Waals surface area contributed by atoms with Crippen molar-refractivity contribution in [1.82, 2.24) is 4.98 Å². The molecule has 0 saturated heterocycles. The average Bonchev–Trinajstić information content (AvgIpc) is 3.62. The van der Waals surface area contributed by atoms with E-state index in [-0.39, 0.29) is 53.6 Å². The Hall–Kier alpha value is -5.39. The number of anilines is 2. The van der Waals surface area contributed by atoms with Crippen LogP contribution in [-0.4, -0.2) is 83.8 Å². The number of thiazole rings is 1. The first-order valence-corrected chi connectivity index (χ1v) is 20.0. The number of fused-ring (bicyclic) bond motifs is 1. The number of phenolic OH excluding ortho intramolecular Hbond substituents is 1. The van der Waals surface area contributed by atoms with E-state index in [1.807, 2.05) is 39.8 Å². The summed E-state index contributed by atoms with van der Waals surface area (Å²) in [6, 6.07) is 8.85. The molecule has 0 spiro atoms. The van der Waals surface area contributed by atoms with Gasteiger partial charge >= 0.3 is 23.5 Å². The number of halogens is 1. The number of phenols is 1. The highest BCUT2D eigenvalue weighted by Gasteiger charge is 2.15. The van der Waals surface area contributed by atoms with Crippen LogP contribution in [-0.2, 0) is 39.8 Å². The topological polar surface area (TPSA) is 226 Å². The SMILES string of the molecule is CCNc1cc(O)c(C=O)cc1C.CCNc1cc2oc(=O)c(-c3nc(CC(=O)OCC)cs3)cc2cc1C.CCOC(=O)CC(=O)CCl.CCOC(=O)CC(N)=S. The van der Waals surface area contributed by atoms with Crippen LogP contribution in [0.1, 0.15) is 74.6 Å². The molecule has 0 aliphatic rings. The third-order valence-corrected chi connectivity index (χ3v) is 8.51. The van der Waals surface area contributed by atoms with Crippen LogP contribution in [0, 0.1) is 13.8 Å². The molecule has 0 aliphatic carbocycles. The van der Waals surface area contributed by atoms with Crippen molar-refractivity contribution in [3.8, 4) is 16.3 Å². The van der Waals surface area contributed by atoms with Gasteiger partial charge in [0, 0.05) is 47.4 Å². The molecule has 2 aromatic carbocycles. The molecular weight excluding hydrogens is 812 g/mol. The normalized spacial score (nSPS) is 9.93. The summed E-state index contributed by atoms with van der Waals surface area (Å²) < 4.78 is 19.5. The molecule has 316 valence electrons. The van der Waals surface area contributed by atoms with E-state index in [1.54, 1.807) is 44.4 Å². The van der Waals surface area contributed by atoms with Crippen molar-refractivity contribution in [2.75, 3.05) is 49.4 Å². The molecule has 58 heavy (non-hydrogen) atoms. The van der Waals surface area contributed by atoms with Crippen molar-refractivity contribution in [2.24, 2.45) is 5.73 Å². The summed E-state index contributed by atoms with van der Waals surface area (Å²) in [5.74, 6) is -1.60. The number of hydrogen-bond acceptors (Lipinski definition) is 16. The number of thiocarbonyl (C=S) groups is 1. The van der Waals surface area contributed by atoms with Crippen LogP contribution in [0.3, 0.4) is 0 Å². The number of benzene rings is 2. The second kappa shape index (κ2) is 27.3. The third kappa shape index (κ3) is 18.3. The lowest BCUT2D eigenvalue weighted by atomic mass is 10.1. The van der Waals surface area contributed by atoms with Crippen molar-refractivity contribution in [3.63, 3.8) is 0 Å². The molecule has 18 heteroatoms. The molecule has 0 unspecified atom stereocenters. The summed E-state index contributed by atoms with van der Waals surface area (Å²) in [7, 11) is 0. The van der Waals surface area contributed by atoms with Gasteiger partial charge in [0.05, 0.1) is 60.4 Å². The average molecular weight is 863 g/mol. The number of aryl methyl sites for hydroxylation is 2. The molecular formula is C40H51ClN4O11S2. The second-order valence-electron chi connectivity index (χ2n) is 11.8. The number of ketones is 1. The Morgan fingerprint density at radius 3 is 1.97 bits per heavy atom. The maximum absolute atomic E-state index is 12.4. The van der Waals surface area contributed by atoms with Crippen LogP contribution in [0.5, 0.6) is 5.75 Å². The van der Waals surface area contributed by atoms with Crippen LogP contribution < -0.4 is 22.0 Å². The van der Waals surface area contributed by atoms with Gasteiger partial charge in [0.15, 0.2) is 12.1 Å². The summed E-state index contributed by atoms with van der Waals surface area (Å²) in [6.07, 6.45) is 0.576. The Kier molecular flexibility index (Phi) is 23.8. The summed E-state index contributed by atoms with van der Waals surface area (Å²) >= 11 is 10.9. The second-order valence-corrected chi connectivity index (χ2v) is 13.4. The predicted molar refractivity (Wildman–Crippen MR) is 230 cm³/mol. The van der Waals surface area contributed by atoms with E-state index in [1.165, 1.54) is 11.3 Å². The fraction of sp³-hybridized carbons (Fsp3) is 0.400. The van der Waals surface area contributed by atoms with Crippen LogP contribution >= 0.6 is 35.2 Å². The van der Waals surface area contributed by atoms with Crippen molar-refractivity contribution in [3.05, 3.63) is 68.5 Å². The monoisotopic (exact) mass is 862 g/mol. The number of nitrogens with zero attached hydrogens (tertiary/aromatic N) is 1. The maximum atomic E-state index is 12.4. The number of hydrogen-bond donors (Lipinski definition) is 4. The first-order chi connectivity index (χ1) is 27.6. The first kappa shape index (κ1) is 50.6. The van der Waals surface area contributed by atoms with Crippen LogP contribution in [0.2, 0.25) is 0 Å². The minimum atomic E-state index is -0.506. The zero-order chi connectivity index (χ0) is 43.8. The molecule has 0 bridgehead atoms. The van der Waals surface area contributed by atoms with Gasteiger partial charge in [0.25, 0.3) is 0 Å². The number of nitrogens with two attached hydrogens (primary N) is 1. The van der Waals surface area contributed by atoms with Gasteiger partial charge in [0.2, 0.25) is 0 Å². The van der Waals surface area contributed by atoms with Gasteiger partial charge in [-0.3, -0.25) is 24.0 Å². The Labute approximate surface area is 351 Å². The van der Waals surface area contributed by atoms with E-state index in [9.17, 15) is 33.9 Å². The quantitative estimate of drug-likeness (QED) is 0.0175. The smallest absolute Gasteiger partial charge is 0.346 e. The number of nitrogens with one attached hydrogen (secondary N) is 2. The highest BCUT2D eigenvalue weighted by molar-refractivity contribution is 7.80. The van der Waals surface area contributed by atoms with E-state index in [0.29, 0.717) is 53.5 Å². The van der Waals surface area contributed by atoms with Gasteiger partial charge in [-0.1, -0.05) is 12.2 Å². The van der Waals surface area contributed by atoms with Gasteiger partial charge in [0.1, 0.15) is 22.8 Å². The van der Waals surface area contributed by atoms with Crippen molar-refractivity contribution in [2.45, 2.75) is 67.7 Å². The molecule has 0 radical (unpaired) electrons. The molecule has 0 aliphatic heterocycles.